The van der Waals surface area contributed by atoms with E-state index in [1.165, 1.54) is 12.1 Å². The Kier molecular flexibility index (Phi) is 2.76. The van der Waals surface area contributed by atoms with Gasteiger partial charge in [-0.2, -0.15) is 0 Å². The molecule has 0 radical (unpaired) electrons. The topological polar surface area (TPSA) is 86.3 Å². The lowest BCUT2D eigenvalue weighted by atomic mass is 10.1. The highest BCUT2D eigenvalue weighted by atomic mass is 16.6. The Morgan fingerprint density at radius 2 is 1.50 bits per heavy atom. The molecular weight excluding hydrogens is 188 g/mol. The third kappa shape index (κ3) is 2.03. The largest absolute Gasteiger partial charge is 0.276 e. The van der Waals surface area contributed by atoms with Crippen molar-refractivity contribution in [3.8, 4) is 0 Å². The van der Waals surface area contributed by atoms with Gasteiger partial charge in [0, 0.05) is 12.1 Å². The molecule has 0 amide bonds. The molecule has 1 aromatic rings. The van der Waals surface area contributed by atoms with Gasteiger partial charge < -0.3 is 0 Å². The maximum atomic E-state index is 10.4. The molecule has 0 saturated carbocycles. The van der Waals surface area contributed by atoms with Crippen LogP contribution in [-0.2, 0) is 6.42 Å². The van der Waals surface area contributed by atoms with Crippen LogP contribution in [-0.4, -0.2) is 9.85 Å². The first-order valence-corrected chi connectivity index (χ1v) is 3.97. The van der Waals surface area contributed by atoms with Gasteiger partial charge in [-0.1, -0.05) is 6.92 Å². The second-order valence-electron chi connectivity index (χ2n) is 2.73. The Morgan fingerprint density at radius 3 is 1.79 bits per heavy atom. The number of aryl methyl sites for hydroxylation is 1. The van der Waals surface area contributed by atoms with Crippen LogP contribution in [0.15, 0.2) is 18.2 Å². The van der Waals surface area contributed by atoms with Crippen LogP contribution < -0.4 is 0 Å². The number of nitro benzene ring substituents is 2. The third-order valence-electron chi connectivity index (χ3n) is 1.79. The molecule has 0 aliphatic carbocycles. The molecule has 0 atom stereocenters. The lowest BCUT2D eigenvalue weighted by Crippen LogP contribution is -1.94. The minimum atomic E-state index is -0.633. The van der Waals surface area contributed by atoms with Gasteiger partial charge in [0.1, 0.15) is 0 Å². The summed E-state index contributed by atoms with van der Waals surface area (Å²) < 4.78 is 0. The quantitative estimate of drug-likeness (QED) is 0.546. The molecule has 0 saturated heterocycles. The second kappa shape index (κ2) is 3.82. The minimum absolute atomic E-state index is 0.240. The zero-order valence-electron chi connectivity index (χ0n) is 7.47. The molecule has 0 bridgehead atoms. The molecule has 0 heterocycles. The summed E-state index contributed by atoms with van der Waals surface area (Å²) in [5.74, 6) is 0. The van der Waals surface area contributed by atoms with Crippen LogP contribution in [0, 0.1) is 20.2 Å². The monoisotopic (exact) mass is 196 g/mol. The van der Waals surface area contributed by atoms with Crippen molar-refractivity contribution >= 4 is 11.4 Å². The van der Waals surface area contributed by atoms with Crippen LogP contribution in [0.3, 0.4) is 0 Å². The second-order valence-corrected chi connectivity index (χ2v) is 2.73. The van der Waals surface area contributed by atoms with Gasteiger partial charge in [-0.25, -0.2) is 0 Å². The number of hydrogen-bond donors (Lipinski definition) is 0. The fraction of sp³-hybridized carbons (Fsp3) is 0.250. The maximum Gasteiger partial charge on any atom is 0.276 e. The summed E-state index contributed by atoms with van der Waals surface area (Å²) in [4.78, 5) is 19.6. The van der Waals surface area contributed by atoms with Crippen molar-refractivity contribution in [2.45, 2.75) is 13.3 Å². The Balaban J connectivity index is 3.27. The summed E-state index contributed by atoms with van der Waals surface area (Å²) in [6, 6.07) is 3.64. The summed E-state index contributed by atoms with van der Waals surface area (Å²) in [5, 5.41) is 20.9. The number of hydrogen-bond acceptors (Lipinski definition) is 4. The first-order chi connectivity index (χ1) is 6.54. The normalized spacial score (nSPS) is 9.79. The summed E-state index contributed by atoms with van der Waals surface area (Å²) in [6.45, 7) is 1.78. The van der Waals surface area contributed by atoms with Crippen molar-refractivity contribution in [3.05, 3.63) is 44.0 Å². The Labute approximate surface area is 79.5 Å². The van der Waals surface area contributed by atoms with E-state index in [2.05, 4.69) is 0 Å². The molecule has 0 fully saturated rings. The molecule has 6 nitrogen and oxygen atoms in total. The van der Waals surface area contributed by atoms with Crippen LogP contribution in [0.1, 0.15) is 12.5 Å². The van der Waals surface area contributed by atoms with Crippen molar-refractivity contribution in [2.24, 2.45) is 0 Å². The smallest absolute Gasteiger partial charge is 0.258 e. The standard InChI is InChI=1S/C8H8N2O4/c1-2-6-3-7(9(11)12)5-8(4-6)10(13)14/h3-5H,2H2,1H3. The van der Waals surface area contributed by atoms with Gasteiger partial charge >= 0.3 is 0 Å². The van der Waals surface area contributed by atoms with Gasteiger partial charge in [0.15, 0.2) is 0 Å². The zero-order chi connectivity index (χ0) is 10.7. The van der Waals surface area contributed by atoms with E-state index in [0.717, 1.165) is 6.07 Å². The molecular formula is C8H8N2O4. The van der Waals surface area contributed by atoms with E-state index in [4.69, 9.17) is 0 Å². The van der Waals surface area contributed by atoms with Crippen molar-refractivity contribution in [1.29, 1.82) is 0 Å². The molecule has 0 aromatic heterocycles. The minimum Gasteiger partial charge on any atom is -0.258 e. The fourth-order valence-electron chi connectivity index (χ4n) is 1.07. The predicted octanol–water partition coefficient (Wildman–Crippen LogP) is 2.07. The zero-order valence-corrected chi connectivity index (χ0v) is 7.47. The van der Waals surface area contributed by atoms with E-state index in [1.807, 2.05) is 0 Å². The summed E-state index contributed by atoms with van der Waals surface area (Å²) in [6.07, 6.45) is 0.530. The Bertz CT molecular complexity index is 357. The van der Waals surface area contributed by atoms with E-state index in [9.17, 15) is 20.2 Å². The molecule has 1 aromatic carbocycles. The Hall–Kier alpha value is -1.98. The van der Waals surface area contributed by atoms with E-state index in [1.54, 1.807) is 6.92 Å². The molecule has 0 unspecified atom stereocenters. The number of benzene rings is 1. The molecule has 0 aliphatic rings. The first-order valence-electron chi connectivity index (χ1n) is 3.97. The van der Waals surface area contributed by atoms with Crippen LogP contribution in [0.5, 0.6) is 0 Å². The third-order valence-corrected chi connectivity index (χ3v) is 1.79. The van der Waals surface area contributed by atoms with Crippen LogP contribution in [0.25, 0.3) is 0 Å². The van der Waals surface area contributed by atoms with Crippen molar-refractivity contribution in [1.82, 2.24) is 0 Å². The molecule has 0 aliphatic heterocycles. The molecule has 1 rings (SSSR count). The van der Waals surface area contributed by atoms with Gasteiger partial charge in [-0.05, 0) is 12.0 Å². The summed E-state index contributed by atoms with van der Waals surface area (Å²) >= 11 is 0. The van der Waals surface area contributed by atoms with E-state index in [0.29, 0.717) is 12.0 Å². The highest BCUT2D eigenvalue weighted by Gasteiger charge is 2.15. The van der Waals surface area contributed by atoms with Gasteiger partial charge in [-0.15, -0.1) is 0 Å². The fourth-order valence-corrected chi connectivity index (χ4v) is 1.07. The number of nitro groups is 2. The van der Waals surface area contributed by atoms with E-state index >= 15 is 0 Å². The molecule has 0 N–H and O–H groups in total. The molecule has 14 heavy (non-hydrogen) atoms. The summed E-state index contributed by atoms with van der Waals surface area (Å²) in [7, 11) is 0. The van der Waals surface area contributed by atoms with Crippen LogP contribution in [0.2, 0.25) is 0 Å². The van der Waals surface area contributed by atoms with Crippen LogP contribution >= 0.6 is 0 Å². The average molecular weight is 196 g/mol. The summed E-state index contributed by atoms with van der Waals surface area (Å²) in [5.41, 5.74) is 0.109. The van der Waals surface area contributed by atoms with Gasteiger partial charge in [0.25, 0.3) is 11.4 Å². The molecule has 0 spiro atoms. The van der Waals surface area contributed by atoms with Crippen molar-refractivity contribution in [3.63, 3.8) is 0 Å². The maximum absolute atomic E-state index is 10.4. The van der Waals surface area contributed by atoms with Gasteiger partial charge in [-0.3, -0.25) is 20.2 Å². The SMILES string of the molecule is CCc1cc([N+](=O)[O-])cc([N+](=O)[O-])c1. The van der Waals surface area contributed by atoms with Crippen molar-refractivity contribution in [2.75, 3.05) is 0 Å². The average Bonchev–Trinajstić information content (AvgIpc) is 2.16. The Morgan fingerprint density at radius 1 is 1.07 bits per heavy atom. The highest BCUT2D eigenvalue weighted by molar-refractivity contribution is 5.46. The van der Waals surface area contributed by atoms with E-state index in [-0.39, 0.29) is 11.4 Å². The molecule has 6 heteroatoms. The lowest BCUT2D eigenvalue weighted by Gasteiger charge is -1.97. The molecule has 74 valence electrons. The number of non-ortho nitro benzene ring substituents is 2. The van der Waals surface area contributed by atoms with Crippen molar-refractivity contribution < 1.29 is 9.85 Å². The van der Waals surface area contributed by atoms with Crippen LogP contribution in [0.4, 0.5) is 11.4 Å². The van der Waals surface area contributed by atoms with Gasteiger partial charge in [0.2, 0.25) is 0 Å². The number of nitrogens with zero attached hydrogens (tertiary/aromatic N) is 2. The van der Waals surface area contributed by atoms with E-state index < -0.39 is 9.85 Å². The lowest BCUT2D eigenvalue weighted by molar-refractivity contribution is -0.394. The predicted molar refractivity (Wildman–Crippen MR) is 49.1 cm³/mol. The number of rotatable bonds is 3. The first kappa shape index (κ1) is 10.1. The van der Waals surface area contributed by atoms with Gasteiger partial charge in [0.05, 0.1) is 15.9 Å². The highest BCUT2D eigenvalue weighted by Crippen LogP contribution is 2.22.